The summed E-state index contributed by atoms with van der Waals surface area (Å²) in [6, 6.07) is 10.7. The van der Waals surface area contributed by atoms with Crippen molar-refractivity contribution in [1.29, 1.82) is 0 Å². The van der Waals surface area contributed by atoms with Crippen molar-refractivity contribution in [1.82, 2.24) is 0 Å². The van der Waals surface area contributed by atoms with E-state index in [0.29, 0.717) is 5.92 Å². The van der Waals surface area contributed by atoms with Crippen LogP contribution in [0, 0.1) is 5.92 Å². The second-order valence-corrected chi connectivity index (χ2v) is 3.84. The first-order valence-electron chi connectivity index (χ1n) is 5.53. The third-order valence-electron chi connectivity index (χ3n) is 2.43. The maximum absolute atomic E-state index is 2.32. The second-order valence-electron chi connectivity index (χ2n) is 3.84. The number of hydrogen-bond donors (Lipinski definition) is 0. The van der Waals surface area contributed by atoms with Gasteiger partial charge in [0.1, 0.15) is 0 Å². The SMILES string of the molecule is CC/C=C/C(C)CCc1ccccc1. The zero-order chi connectivity index (χ0) is 10.2. The van der Waals surface area contributed by atoms with E-state index in [-0.39, 0.29) is 0 Å². The van der Waals surface area contributed by atoms with E-state index in [0.717, 1.165) is 6.42 Å². The van der Waals surface area contributed by atoms with E-state index < -0.39 is 0 Å². The van der Waals surface area contributed by atoms with Crippen molar-refractivity contribution in [3.8, 4) is 0 Å². The molecule has 0 nitrogen and oxygen atoms in total. The lowest BCUT2D eigenvalue weighted by atomic mass is 10.0. The molecule has 0 spiro atoms. The van der Waals surface area contributed by atoms with Gasteiger partial charge in [-0.1, -0.05) is 56.3 Å². The van der Waals surface area contributed by atoms with Crippen LogP contribution in [0.25, 0.3) is 0 Å². The van der Waals surface area contributed by atoms with Crippen molar-refractivity contribution in [2.45, 2.75) is 33.1 Å². The first-order valence-corrected chi connectivity index (χ1v) is 5.53. The lowest BCUT2D eigenvalue weighted by molar-refractivity contribution is 0.646. The summed E-state index contributed by atoms with van der Waals surface area (Å²) in [4.78, 5) is 0. The Morgan fingerprint density at radius 3 is 2.57 bits per heavy atom. The van der Waals surface area contributed by atoms with Crippen molar-refractivity contribution in [3.63, 3.8) is 0 Å². The van der Waals surface area contributed by atoms with Gasteiger partial charge in [-0.15, -0.1) is 0 Å². The minimum atomic E-state index is 0.704. The molecule has 1 aromatic carbocycles. The highest BCUT2D eigenvalue weighted by molar-refractivity contribution is 5.14. The van der Waals surface area contributed by atoms with Crippen LogP contribution in [0.4, 0.5) is 0 Å². The molecular formula is C14H20. The highest BCUT2D eigenvalue weighted by atomic mass is 14.0. The van der Waals surface area contributed by atoms with Crippen LogP contribution >= 0.6 is 0 Å². The Bertz CT molecular complexity index is 259. The topological polar surface area (TPSA) is 0 Å². The highest BCUT2D eigenvalue weighted by Gasteiger charge is 1.97. The van der Waals surface area contributed by atoms with Crippen LogP contribution in [-0.4, -0.2) is 0 Å². The highest BCUT2D eigenvalue weighted by Crippen LogP contribution is 2.10. The summed E-state index contributed by atoms with van der Waals surface area (Å²) < 4.78 is 0. The average Bonchev–Trinajstić information content (AvgIpc) is 2.25. The van der Waals surface area contributed by atoms with Gasteiger partial charge in [-0.25, -0.2) is 0 Å². The molecule has 0 aromatic heterocycles. The number of rotatable bonds is 5. The lowest BCUT2D eigenvalue weighted by Gasteiger charge is -2.05. The minimum absolute atomic E-state index is 0.704. The van der Waals surface area contributed by atoms with Gasteiger partial charge in [-0.05, 0) is 30.7 Å². The molecule has 0 heterocycles. The van der Waals surface area contributed by atoms with Gasteiger partial charge in [0.15, 0.2) is 0 Å². The van der Waals surface area contributed by atoms with Crippen molar-refractivity contribution in [2.75, 3.05) is 0 Å². The smallest absolute Gasteiger partial charge is 0.0259 e. The van der Waals surface area contributed by atoms with Crippen LogP contribution in [0.3, 0.4) is 0 Å². The summed E-state index contributed by atoms with van der Waals surface area (Å²) in [6.45, 7) is 4.47. The molecule has 0 saturated heterocycles. The Morgan fingerprint density at radius 2 is 1.93 bits per heavy atom. The molecule has 1 atom stereocenters. The molecule has 0 saturated carbocycles. The quantitative estimate of drug-likeness (QED) is 0.607. The molecule has 0 bridgehead atoms. The maximum Gasteiger partial charge on any atom is -0.0259 e. The van der Waals surface area contributed by atoms with Gasteiger partial charge >= 0.3 is 0 Å². The van der Waals surface area contributed by atoms with Gasteiger partial charge in [0.05, 0.1) is 0 Å². The van der Waals surface area contributed by atoms with Crippen LogP contribution < -0.4 is 0 Å². The molecule has 0 aliphatic carbocycles. The Balaban J connectivity index is 2.30. The Labute approximate surface area is 87.7 Å². The standard InChI is InChI=1S/C14H20/c1-3-4-8-13(2)11-12-14-9-6-5-7-10-14/h4-10,13H,3,11-12H2,1-2H3/b8-4+. The van der Waals surface area contributed by atoms with E-state index >= 15 is 0 Å². The van der Waals surface area contributed by atoms with E-state index in [4.69, 9.17) is 0 Å². The molecule has 0 heteroatoms. The second kappa shape index (κ2) is 6.42. The summed E-state index contributed by atoms with van der Waals surface area (Å²) in [5.41, 5.74) is 1.45. The molecule has 14 heavy (non-hydrogen) atoms. The normalized spacial score (nSPS) is 13.3. The van der Waals surface area contributed by atoms with E-state index in [1.54, 1.807) is 0 Å². The van der Waals surface area contributed by atoms with Gasteiger partial charge in [0.2, 0.25) is 0 Å². The predicted octanol–water partition coefficient (Wildman–Crippen LogP) is 4.22. The minimum Gasteiger partial charge on any atom is -0.0885 e. The average molecular weight is 188 g/mol. The third kappa shape index (κ3) is 4.27. The number of hydrogen-bond acceptors (Lipinski definition) is 0. The molecule has 76 valence electrons. The van der Waals surface area contributed by atoms with Gasteiger partial charge in [-0.2, -0.15) is 0 Å². The molecule has 1 aromatic rings. The molecule has 1 rings (SSSR count). The molecule has 0 fully saturated rings. The third-order valence-corrected chi connectivity index (χ3v) is 2.43. The van der Waals surface area contributed by atoms with Crippen LogP contribution in [0.2, 0.25) is 0 Å². The summed E-state index contributed by atoms with van der Waals surface area (Å²) in [7, 11) is 0. The first-order chi connectivity index (χ1) is 6.83. The number of aryl methyl sites for hydroxylation is 1. The van der Waals surface area contributed by atoms with Crippen LogP contribution in [-0.2, 0) is 6.42 Å². The molecular weight excluding hydrogens is 168 g/mol. The van der Waals surface area contributed by atoms with Gasteiger partial charge < -0.3 is 0 Å². The van der Waals surface area contributed by atoms with Crippen molar-refractivity contribution < 1.29 is 0 Å². The van der Waals surface area contributed by atoms with Crippen molar-refractivity contribution in [2.24, 2.45) is 5.92 Å². The van der Waals surface area contributed by atoms with Gasteiger partial charge in [0.25, 0.3) is 0 Å². The van der Waals surface area contributed by atoms with Crippen molar-refractivity contribution >= 4 is 0 Å². The number of benzene rings is 1. The van der Waals surface area contributed by atoms with Crippen LogP contribution in [0.1, 0.15) is 32.3 Å². The Hall–Kier alpha value is -1.04. The zero-order valence-electron chi connectivity index (χ0n) is 9.24. The lowest BCUT2D eigenvalue weighted by Crippen LogP contribution is -1.93. The summed E-state index contributed by atoms with van der Waals surface area (Å²) in [6.07, 6.45) is 8.17. The Morgan fingerprint density at radius 1 is 1.21 bits per heavy atom. The maximum atomic E-state index is 2.32. The summed E-state index contributed by atoms with van der Waals surface area (Å²) in [5.74, 6) is 0.704. The van der Waals surface area contributed by atoms with E-state index in [1.807, 2.05) is 0 Å². The van der Waals surface area contributed by atoms with E-state index in [2.05, 4.69) is 56.3 Å². The zero-order valence-corrected chi connectivity index (χ0v) is 9.24. The molecule has 0 amide bonds. The Kier molecular flexibility index (Phi) is 5.06. The summed E-state index contributed by atoms with van der Waals surface area (Å²) in [5, 5.41) is 0. The first kappa shape index (κ1) is 11.0. The fourth-order valence-electron chi connectivity index (χ4n) is 1.50. The fourth-order valence-corrected chi connectivity index (χ4v) is 1.50. The van der Waals surface area contributed by atoms with E-state index in [9.17, 15) is 0 Å². The predicted molar refractivity (Wildman–Crippen MR) is 63.4 cm³/mol. The monoisotopic (exact) mass is 188 g/mol. The summed E-state index contributed by atoms with van der Waals surface area (Å²) >= 11 is 0. The van der Waals surface area contributed by atoms with Crippen molar-refractivity contribution in [3.05, 3.63) is 48.0 Å². The molecule has 0 aliphatic rings. The largest absolute Gasteiger partial charge is 0.0885 e. The molecule has 1 unspecified atom stereocenters. The van der Waals surface area contributed by atoms with Gasteiger partial charge in [0, 0.05) is 0 Å². The van der Waals surface area contributed by atoms with Crippen LogP contribution in [0.15, 0.2) is 42.5 Å². The fraction of sp³-hybridized carbons (Fsp3) is 0.429. The molecule has 0 radical (unpaired) electrons. The van der Waals surface area contributed by atoms with Crippen LogP contribution in [0.5, 0.6) is 0 Å². The number of allylic oxidation sites excluding steroid dienone is 2. The molecule has 0 aliphatic heterocycles. The van der Waals surface area contributed by atoms with Gasteiger partial charge in [-0.3, -0.25) is 0 Å². The molecule has 0 N–H and O–H groups in total. The van der Waals surface area contributed by atoms with E-state index in [1.165, 1.54) is 18.4 Å².